The molecule has 20 heavy (non-hydrogen) atoms. The summed E-state index contributed by atoms with van der Waals surface area (Å²) in [6.07, 6.45) is 5.15. The smallest absolute Gasteiger partial charge is 0.336 e. The predicted octanol–water partition coefficient (Wildman–Crippen LogP) is 3.95. The molecule has 100 valence electrons. The number of carbonyl (C=O) groups is 1. The normalized spacial score (nSPS) is 10.7. The Kier molecular flexibility index (Phi) is 4.11. The summed E-state index contributed by atoms with van der Waals surface area (Å²) in [4.78, 5) is 15.9. The third-order valence-corrected chi connectivity index (χ3v) is 3.00. The van der Waals surface area contributed by atoms with Crippen molar-refractivity contribution in [2.75, 3.05) is 0 Å². The van der Waals surface area contributed by atoms with Crippen LogP contribution in [0.4, 0.5) is 0 Å². The van der Waals surface area contributed by atoms with Crippen LogP contribution in [0, 0.1) is 6.92 Å². The second-order valence-corrected chi connectivity index (χ2v) is 4.33. The van der Waals surface area contributed by atoms with Gasteiger partial charge in [0.2, 0.25) is 0 Å². The van der Waals surface area contributed by atoms with E-state index in [-0.39, 0.29) is 5.56 Å². The van der Waals surface area contributed by atoms with Crippen LogP contribution >= 0.6 is 0 Å². The number of hydrogen-bond acceptors (Lipinski definition) is 2. The zero-order valence-electron chi connectivity index (χ0n) is 11.2. The van der Waals surface area contributed by atoms with Gasteiger partial charge in [0.25, 0.3) is 0 Å². The molecule has 0 amide bonds. The largest absolute Gasteiger partial charge is 0.478 e. The summed E-state index contributed by atoms with van der Waals surface area (Å²) in [5.74, 6) is -0.949. The Bertz CT molecular complexity index is 673. The first kappa shape index (κ1) is 13.7. The summed E-state index contributed by atoms with van der Waals surface area (Å²) in [7, 11) is 0. The summed E-state index contributed by atoms with van der Waals surface area (Å²) < 4.78 is 0. The van der Waals surface area contributed by atoms with Gasteiger partial charge in [0.1, 0.15) is 0 Å². The molecule has 0 aliphatic carbocycles. The van der Waals surface area contributed by atoms with Crippen LogP contribution in [0.15, 0.2) is 55.1 Å². The fraction of sp³-hybridized carbons (Fsp3) is 0.0588. The van der Waals surface area contributed by atoms with E-state index < -0.39 is 5.97 Å². The molecular weight excluding hydrogens is 250 g/mol. The Morgan fingerprint density at radius 2 is 2.00 bits per heavy atom. The van der Waals surface area contributed by atoms with Crippen molar-refractivity contribution in [2.24, 2.45) is 0 Å². The predicted molar refractivity (Wildman–Crippen MR) is 80.6 cm³/mol. The molecular formula is C17H15NO2. The first-order valence-corrected chi connectivity index (χ1v) is 6.23. The molecule has 0 atom stereocenters. The molecule has 3 heteroatoms. The molecule has 0 aliphatic heterocycles. The van der Waals surface area contributed by atoms with Gasteiger partial charge in [-0.1, -0.05) is 49.1 Å². The number of nitrogens with zero attached hydrogens (tertiary/aromatic N) is 1. The number of carboxylic acid groups (broad SMARTS) is 1. The number of pyridine rings is 1. The van der Waals surface area contributed by atoms with E-state index in [2.05, 4.69) is 11.6 Å². The second kappa shape index (κ2) is 5.97. The number of rotatable bonds is 4. The van der Waals surface area contributed by atoms with Gasteiger partial charge in [-0.15, -0.1) is 0 Å². The molecule has 1 heterocycles. The highest BCUT2D eigenvalue weighted by Crippen LogP contribution is 2.23. The fourth-order valence-electron chi connectivity index (χ4n) is 1.93. The van der Waals surface area contributed by atoms with Gasteiger partial charge in [0.15, 0.2) is 0 Å². The average molecular weight is 265 g/mol. The summed E-state index contributed by atoms with van der Waals surface area (Å²) in [5, 5.41) is 9.31. The van der Waals surface area contributed by atoms with Gasteiger partial charge in [-0.3, -0.25) is 0 Å². The van der Waals surface area contributed by atoms with Crippen molar-refractivity contribution in [3.05, 3.63) is 72.0 Å². The van der Waals surface area contributed by atoms with Crippen LogP contribution in [0.2, 0.25) is 0 Å². The molecule has 0 aliphatic rings. The number of hydrogen-bond donors (Lipinski definition) is 1. The molecule has 1 N–H and O–H groups in total. The lowest BCUT2D eigenvalue weighted by Crippen LogP contribution is -2.04. The molecule has 0 unspecified atom stereocenters. The fourth-order valence-corrected chi connectivity index (χ4v) is 1.93. The van der Waals surface area contributed by atoms with Crippen LogP contribution in [-0.2, 0) is 0 Å². The zero-order valence-corrected chi connectivity index (χ0v) is 11.2. The molecule has 0 radical (unpaired) electrons. The number of allylic oxidation sites excluding steroid dienone is 2. The molecule has 3 nitrogen and oxygen atoms in total. The van der Waals surface area contributed by atoms with Gasteiger partial charge in [0.05, 0.1) is 17.0 Å². The van der Waals surface area contributed by atoms with Crippen LogP contribution in [-0.4, -0.2) is 16.1 Å². The highest BCUT2D eigenvalue weighted by molar-refractivity contribution is 5.91. The van der Waals surface area contributed by atoms with E-state index in [9.17, 15) is 9.90 Å². The van der Waals surface area contributed by atoms with E-state index in [1.165, 1.54) is 0 Å². The zero-order chi connectivity index (χ0) is 14.5. The number of benzene rings is 1. The van der Waals surface area contributed by atoms with Gasteiger partial charge < -0.3 is 5.11 Å². The molecule has 0 saturated carbocycles. The minimum absolute atomic E-state index is 0.266. The second-order valence-electron chi connectivity index (χ2n) is 4.33. The average Bonchev–Trinajstić information content (AvgIpc) is 2.46. The first-order valence-electron chi connectivity index (χ1n) is 6.23. The Balaban J connectivity index is 2.64. The maximum absolute atomic E-state index is 11.4. The third kappa shape index (κ3) is 2.83. The molecule has 2 aromatic rings. The third-order valence-electron chi connectivity index (χ3n) is 3.00. The topological polar surface area (TPSA) is 50.2 Å². The minimum atomic E-state index is -0.949. The molecule has 2 rings (SSSR count). The lowest BCUT2D eigenvalue weighted by atomic mass is 10.0. The van der Waals surface area contributed by atoms with Crippen molar-refractivity contribution >= 4 is 12.0 Å². The van der Waals surface area contributed by atoms with Crippen molar-refractivity contribution < 1.29 is 9.90 Å². The van der Waals surface area contributed by atoms with Gasteiger partial charge in [-0.2, -0.15) is 0 Å². The maximum atomic E-state index is 11.4. The highest BCUT2D eigenvalue weighted by Gasteiger charge is 2.13. The van der Waals surface area contributed by atoms with E-state index in [0.717, 1.165) is 5.56 Å². The van der Waals surface area contributed by atoms with Crippen LogP contribution in [0.25, 0.3) is 17.3 Å². The van der Waals surface area contributed by atoms with E-state index in [1.54, 1.807) is 31.2 Å². The molecule has 1 aromatic heterocycles. The van der Waals surface area contributed by atoms with Crippen molar-refractivity contribution in [2.45, 2.75) is 6.92 Å². The van der Waals surface area contributed by atoms with E-state index >= 15 is 0 Å². The van der Waals surface area contributed by atoms with Crippen molar-refractivity contribution in [3.8, 4) is 11.3 Å². The van der Waals surface area contributed by atoms with Gasteiger partial charge in [-0.25, -0.2) is 9.78 Å². The van der Waals surface area contributed by atoms with Gasteiger partial charge in [0, 0.05) is 5.56 Å². The summed E-state index contributed by atoms with van der Waals surface area (Å²) in [6, 6.07) is 11.1. The number of aromatic carboxylic acids is 1. The Morgan fingerprint density at radius 1 is 1.30 bits per heavy atom. The molecule has 0 spiro atoms. The lowest BCUT2D eigenvalue weighted by Gasteiger charge is -2.09. The van der Waals surface area contributed by atoms with Crippen molar-refractivity contribution in [1.29, 1.82) is 0 Å². The Hall–Kier alpha value is -2.68. The lowest BCUT2D eigenvalue weighted by molar-refractivity contribution is 0.0696. The maximum Gasteiger partial charge on any atom is 0.336 e. The molecule has 1 aromatic carbocycles. The standard InChI is InChI=1S/C17H15NO2/c1-3-4-10-15-12(2)14(17(19)20)11-16(18-15)13-8-6-5-7-9-13/h3-11H,1H2,2H3,(H,19,20)/b10-4-. The number of aromatic nitrogens is 1. The minimum Gasteiger partial charge on any atom is -0.478 e. The highest BCUT2D eigenvalue weighted by atomic mass is 16.4. The molecule has 0 bridgehead atoms. The van der Waals surface area contributed by atoms with Crippen LogP contribution in [0.3, 0.4) is 0 Å². The van der Waals surface area contributed by atoms with Gasteiger partial charge in [-0.05, 0) is 24.6 Å². The quantitative estimate of drug-likeness (QED) is 0.851. The van der Waals surface area contributed by atoms with Crippen LogP contribution in [0.1, 0.15) is 21.6 Å². The van der Waals surface area contributed by atoms with Gasteiger partial charge >= 0.3 is 5.97 Å². The number of carboxylic acids is 1. The van der Waals surface area contributed by atoms with Crippen LogP contribution < -0.4 is 0 Å². The SMILES string of the molecule is C=C/C=C\c1nc(-c2ccccc2)cc(C(=O)O)c1C. The van der Waals surface area contributed by atoms with Crippen molar-refractivity contribution in [1.82, 2.24) is 4.98 Å². The monoisotopic (exact) mass is 265 g/mol. The summed E-state index contributed by atoms with van der Waals surface area (Å²) in [5.41, 5.74) is 3.10. The Labute approximate surface area is 117 Å². The summed E-state index contributed by atoms with van der Waals surface area (Å²) in [6.45, 7) is 5.37. The van der Waals surface area contributed by atoms with E-state index in [1.807, 2.05) is 30.3 Å². The van der Waals surface area contributed by atoms with Crippen molar-refractivity contribution in [3.63, 3.8) is 0 Å². The molecule has 0 saturated heterocycles. The first-order chi connectivity index (χ1) is 9.63. The summed E-state index contributed by atoms with van der Waals surface area (Å²) >= 11 is 0. The van der Waals surface area contributed by atoms with E-state index in [0.29, 0.717) is 17.0 Å². The molecule has 0 fully saturated rings. The Morgan fingerprint density at radius 3 is 2.60 bits per heavy atom. The van der Waals surface area contributed by atoms with Crippen LogP contribution in [0.5, 0.6) is 0 Å². The van der Waals surface area contributed by atoms with E-state index in [4.69, 9.17) is 0 Å².